The molecule has 3 aromatic carbocycles. The van der Waals surface area contributed by atoms with E-state index in [1.807, 2.05) is 56.3 Å². The van der Waals surface area contributed by atoms with Crippen LogP contribution in [0, 0.1) is 0 Å². The summed E-state index contributed by atoms with van der Waals surface area (Å²) in [4.78, 5) is 33.4. The van der Waals surface area contributed by atoms with E-state index >= 15 is 0 Å². The first-order chi connectivity index (χ1) is 20.4. The van der Waals surface area contributed by atoms with Gasteiger partial charge in [0.2, 0.25) is 0 Å². The summed E-state index contributed by atoms with van der Waals surface area (Å²) in [5, 5.41) is 11.9. The maximum Gasteiger partial charge on any atom is 0.301 e. The number of fused-ring (bicyclic) bond motifs is 1. The molecular weight excluding hydrogens is 552 g/mol. The van der Waals surface area contributed by atoms with Gasteiger partial charge in [-0.25, -0.2) is 4.98 Å². The lowest BCUT2D eigenvalue weighted by Crippen LogP contribution is -2.29. The van der Waals surface area contributed by atoms with Crippen LogP contribution >= 0.6 is 11.3 Å². The zero-order valence-corrected chi connectivity index (χ0v) is 24.8. The van der Waals surface area contributed by atoms with Crippen molar-refractivity contribution >= 4 is 44.1 Å². The van der Waals surface area contributed by atoms with Gasteiger partial charge in [0.1, 0.15) is 23.0 Å². The van der Waals surface area contributed by atoms with Crippen molar-refractivity contribution in [3.05, 3.63) is 83.4 Å². The van der Waals surface area contributed by atoms with E-state index in [2.05, 4.69) is 6.92 Å². The summed E-state index contributed by atoms with van der Waals surface area (Å²) in [7, 11) is 0. The van der Waals surface area contributed by atoms with E-state index in [-0.39, 0.29) is 11.3 Å². The Kier molecular flexibility index (Phi) is 9.07. The largest absolute Gasteiger partial charge is 0.507 e. The average molecular weight is 587 g/mol. The predicted octanol–water partition coefficient (Wildman–Crippen LogP) is 7.29. The molecule has 4 aromatic rings. The average Bonchev–Trinajstić information content (AvgIpc) is 3.54. The third-order valence-corrected chi connectivity index (χ3v) is 7.87. The Bertz CT molecular complexity index is 1610. The number of ether oxygens (including phenoxy) is 3. The SMILES string of the molecule is CCCCOc1ccc(C2C(=C(O)c3cccc(OCCC)c3)C(=O)C(=O)N2c2nc3ccc(OCC)cc3s2)cc1. The van der Waals surface area contributed by atoms with Gasteiger partial charge in [0.05, 0.1) is 41.7 Å². The van der Waals surface area contributed by atoms with Crippen LogP contribution in [0.15, 0.2) is 72.3 Å². The third kappa shape index (κ3) is 5.97. The molecule has 218 valence electrons. The lowest BCUT2D eigenvalue weighted by molar-refractivity contribution is -0.132. The molecule has 0 spiro atoms. The zero-order valence-electron chi connectivity index (χ0n) is 24.0. The van der Waals surface area contributed by atoms with Gasteiger partial charge in [0.15, 0.2) is 5.13 Å². The van der Waals surface area contributed by atoms with Crippen molar-refractivity contribution in [2.45, 2.75) is 46.1 Å². The first kappa shape index (κ1) is 29.1. The summed E-state index contributed by atoms with van der Waals surface area (Å²) < 4.78 is 18.0. The van der Waals surface area contributed by atoms with E-state index in [9.17, 15) is 14.7 Å². The maximum absolute atomic E-state index is 13.7. The number of thiazole rings is 1. The van der Waals surface area contributed by atoms with Gasteiger partial charge in [0, 0.05) is 5.56 Å². The van der Waals surface area contributed by atoms with E-state index in [1.54, 1.807) is 24.3 Å². The molecule has 1 aromatic heterocycles. The molecule has 1 atom stereocenters. The van der Waals surface area contributed by atoms with Crippen molar-refractivity contribution in [3.8, 4) is 17.2 Å². The minimum absolute atomic E-state index is 0.0124. The van der Waals surface area contributed by atoms with Crippen LogP contribution in [0.3, 0.4) is 0 Å². The number of Topliss-reactive ketones (excluding diaryl/α,β-unsaturated/α-hetero) is 1. The number of aliphatic hydroxyl groups is 1. The highest BCUT2D eigenvalue weighted by molar-refractivity contribution is 7.22. The third-order valence-electron chi connectivity index (χ3n) is 6.85. The Labute approximate surface area is 249 Å². The first-order valence-corrected chi connectivity index (χ1v) is 15.1. The van der Waals surface area contributed by atoms with E-state index in [0.717, 1.165) is 24.0 Å². The fraction of sp³-hybridized carbons (Fsp3) is 0.303. The maximum atomic E-state index is 13.7. The van der Waals surface area contributed by atoms with Gasteiger partial charge in [-0.3, -0.25) is 14.5 Å². The Balaban J connectivity index is 1.61. The molecular formula is C33H34N2O6S. The number of aromatic nitrogens is 1. The quantitative estimate of drug-likeness (QED) is 0.0806. The van der Waals surface area contributed by atoms with Crippen molar-refractivity contribution in [2.24, 2.45) is 0 Å². The fourth-order valence-corrected chi connectivity index (χ4v) is 5.81. The number of carbonyl (C=O) groups excluding carboxylic acids is 2. The molecule has 5 rings (SSSR count). The van der Waals surface area contributed by atoms with Gasteiger partial charge in [0.25, 0.3) is 5.78 Å². The van der Waals surface area contributed by atoms with Crippen molar-refractivity contribution in [2.75, 3.05) is 24.7 Å². The smallest absolute Gasteiger partial charge is 0.301 e. The number of nitrogens with zero attached hydrogens (tertiary/aromatic N) is 2. The standard InChI is InChI=1S/C33H34N2O6S/c1-4-7-18-41-23-13-11-21(12-14-23)29-28(30(36)22-9-8-10-24(19-22)40-17-5-2)31(37)32(38)35(29)33-34-26-16-15-25(39-6-3)20-27(26)42-33/h8-16,19-20,29,36H,4-7,17-18H2,1-3H3. The molecule has 0 saturated carbocycles. The van der Waals surface area contributed by atoms with Crippen molar-refractivity contribution in [1.29, 1.82) is 0 Å². The molecule has 1 amide bonds. The summed E-state index contributed by atoms with van der Waals surface area (Å²) in [6.45, 7) is 7.65. The molecule has 0 aliphatic carbocycles. The predicted molar refractivity (Wildman–Crippen MR) is 165 cm³/mol. The van der Waals surface area contributed by atoms with Gasteiger partial charge in [-0.1, -0.05) is 55.9 Å². The summed E-state index contributed by atoms with van der Waals surface area (Å²) in [6, 6.07) is 18.8. The van der Waals surface area contributed by atoms with Crippen LogP contribution < -0.4 is 19.1 Å². The highest BCUT2D eigenvalue weighted by Gasteiger charge is 2.48. The number of hydrogen-bond acceptors (Lipinski definition) is 8. The van der Waals surface area contributed by atoms with Crippen molar-refractivity contribution < 1.29 is 28.9 Å². The minimum atomic E-state index is -0.901. The molecule has 1 aliphatic rings. The normalized spacial score (nSPS) is 16.3. The monoisotopic (exact) mass is 586 g/mol. The van der Waals surface area contributed by atoms with E-state index in [0.29, 0.717) is 58.8 Å². The number of amides is 1. The number of aliphatic hydroxyl groups excluding tert-OH is 1. The number of ketones is 1. The van der Waals surface area contributed by atoms with Crippen LogP contribution in [0.1, 0.15) is 57.2 Å². The molecule has 1 saturated heterocycles. The molecule has 0 bridgehead atoms. The molecule has 42 heavy (non-hydrogen) atoms. The van der Waals surface area contributed by atoms with E-state index < -0.39 is 17.7 Å². The second-order valence-corrected chi connectivity index (χ2v) is 10.9. The number of unbranched alkanes of at least 4 members (excludes halogenated alkanes) is 1. The number of rotatable bonds is 12. The summed E-state index contributed by atoms with van der Waals surface area (Å²) >= 11 is 1.29. The topological polar surface area (TPSA) is 98.2 Å². The van der Waals surface area contributed by atoms with Crippen LogP contribution in [0.2, 0.25) is 0 Å². The molecule has 1 fully saturated rings. The molecule has 0 radical (unpaired) electrons. The Hall–Kier alpha value is -4.37. The van der Waals surface area contributed by atoms with Crippen LogP contribution in [-0.4, -0.2) is 41.6 Å². The lowest BCUT2D eigenvalue weighted by Gasteiger charge is -2.23. The summed E-state index contributed by atoms with van der Waals surface area (Å²) in [5.74, 6) is 0.139. The molecule has 1 unspecified atom stereocenters. The minimum Gasteiger partial charge on any atom is -0.507 e. The molecule has 1 aliphatic heterocycles. The molecule has 9 heteroatoms. The molecule has 8 nitrogen and oxygen atoms in total. The summed E-state index contributed by atoms with van der Waals surface area (Å²) in [6.07, 6.45) is 2.78. The summed E-state index contributed by atoms with van der Waals surface area (Å²) in [5.41, 5.74) is 1.70. The Morgan fingerprint density at radius 1 is 0.881 bits per heavy atom. The molecule has 2 heterocycles. The van der Waals surface area contributed by atoms with Gasteiger partial charge >= 0.3 is 5.91 Å². The highest BCUT2D eigenvalue weighted by atomic mass is 32.1. The fourth-order valence-electron chi connectivity index (χ4n) is 4.79. The number of anilines is 1. The van der Waals surface area contributed by atoms with Crippen LogP contribution in [0.25, 0.3) is 16.0 Å². The number of carbonyl (C=O) groups is 2. The van der Waals surface area contributed by atoms with Crippen LogP contribution in [0.4, 0.5) is 5.13 Å². The van der Waals surface area contributed by atoms with Crippen molar-refractivity contribution in [3.63, 3.8) is 0 Å². The Morgan fingerprint density at radius 2 is 1.62 bits per heavy atom. The van der Waals surface area contributed by atoms with Gasteiger partial charge in [-0.05, 0) is 67.8 Å². The van der Waals surface area contributed by atoms with E-state index in [1.165, 1.54) is 16.2 Å². The number of benzene rings is 3. The Morgan fingerprint density at radius 3 is 2.36 bits per heavy atom. The zero-order chi connectivity index (χ0) is 29.6. The van der Waals surface area contributed by atoms with Gasteiger partial charge in [-0.2, -0.15) is 0 Å². The van der Waals surface area contributed by atoms with E-state index in [4.69, 9.17) is 19.2 Å². The van der Waals surface area contributed by atoms with Crippen LogP contribution in [0.5, 0.6) is 17.2 Å². The second-order valence-electron chi connectivity index (χ2n) is 9.88. The highest BCUT2D eigenvalue weighted by Crippen LogP contribution is 2.45. The lowest BCUT2D eigenvalue weighted by atomic mass is 9.95. The second kappa shape index (κ2) is 13.1. The van der Waals surface area contributed by atoms with Gasteiger partial charge in [-0.15, -0.1) is 0 Å². The number of hydrogen-bond donors (Lipinski definition) is 1. The van der Waals surface area contributed by atoms with Gasteiger partial charge < -0.3 is 19.3 Å². The first-order valence-electron chi connectivity index (χ1n) is 14.3. The van der Waals surface area contributed by atoms with Crippen LogP contribution in [-0.2, 0) is 9.59 Å². The van der Waals surface area contributed by atoms with Crippen molar-refractivity contribution in [1.82, 2.24) is 4.98 Å². The molecule has 1 N–H and O–H groups in total.